The van der Waals surface area contributed by atoms with Gasteiger partial charge in [-0.1, -0.05) is 42.5 Å². The molecule has 132 valence electrons. The first-order chi connectivity index (χ1) is 12.8. The van der Waals surface area contributed by atoms with E-state index in [4.69, 9.17) is 19.9 Å². The molecule has 0 radical (unpaired) electrons. The Labute approximate surface area is 153 Å². The largest absolute Gasteiger partial charge is 0.489 e. The van der Waals surface area contributed by atoms with Gasteiger partial charge in [0.1, 0.15) is 25.6 Å². The van der Waals surface area contributed by atoms with Crippen molar-refractivity contribution < 1.29 is 14.2 Å². The van der Waals surface area contributed by atoms with Crippen molar-refractivity contribution in [3.8, 4) is 28.4 Å². The molecule has 0 amide bonds. The maximum Gasteiger partial charge on any atom is 0.161 e. The molecule has 1 aliphatic heterocycles. The van der Waals surface area contributed by atoms with Crippen molar-refractivity contribution in [2.75, 3.05) is 13.2 Å². The fraction of sp³-hybridized carbons (Fsp3) is 0.182. The molecule has 0 spiro atoms. The highest BCUT2D eigenvalue weighted by molar-refractivity contribution is 5.69. The summed E-state index contributed by atoms with van der Waals surface area (Å²) in [5, 5.41) is 0. The fourth-order valence-electron chi connectivity index (χ4n) is 3.02. The molecule has 3 aromatic rings. The van der Waals surface area contributed by atoms with Gasteiger partial charge in [0.2, 0.25) is 0 Å². The van der Waals surface area contributed by atoms with E-state index >= 15 is 0 Å². The lowest BCUT2D eigenvalue weighted by Gasteiger charge is -2.19. The molecule has 4 nitrogen and oxygen atoms in total. The van der Waals surface area contributed by atoms with Crippen LogP contribution in [0.15, 0.2) is 66.7 Å². The summed E-state index contributed by atoms with van der Waals surface area (Å²) in [5.74, 6) is 2.40. The number of fused-ring (bicyclic) bond motifs is 1. The first-order valence-electron chi connectivity index (χ1n) is 8.73. The van der Waals surface area contributed by atoms with E-state index in [9.17, 15) is 0 Å². The Morgan fingerprint density at radius 3 is 2.35 bits per heavy atom. The monoisotopic (exact) mass is 347 g/mol. The molecule has 4 heteroatoms. The number of ether oxygens (including phenoxy) is 3. The van der Waals surface area contributed by atoms with Crippen LogP contribution in [-0.4, -0.2) is 13.2 Å². The van der Waals surface area contributed by atoms with Crippen LogP contribution in [0.2, 0.25) is 0 Å². The Kier molecular flexibility index (Phi) is 4.75. The van der Waals surface area contributed by atoms with Gasteiger partial charge < -0.3 is 19.9 Å². The maximum absolute atomic E-state index is 5.97. The van der Waals surface area contributed by atoms with E-state index in [1.165, 1.54) is 0 Å². The Morgan fingerprint density at radius 1 is 0.808 bits per heavy atom. The topological polar surface area (TPSA) is 53.7 Å². The standard InChI is InChI=1S/C22H21NO3/c23-14-19-12-17(18-7-9-21-22(13-18)25-11-10-24-21)6-8-20(19)26-15-16-4-2-1-3-5-16/h1-9,12-13H,10-11,14-15,23H2. The van der Waals surface area contributed by atoms with Gasteiger partial charge in [0.15, 0.2) is 11.5 Å². The first-order valence-corrected chi connectivity index (χ1v) is 8.73. The second-order valence-electron chi connectivity index (χ2n) is 6.16. The van der Waals surface area contributed by atoms with Gasteiger partial charge in [-0.2, -0.15) is 0 Å². The Balaban J connectivity index is 1.57. The van der Waals surface area contributed by atoms with Crippen LogP contribution in [0.25, 0.3) is 11.1 Å². The van der Waals surface area contributed by atoms with Crippen LogP contribution in [0.4, 0.5) is 0 Å². The van der Waals surface area contributed by atoms with Crippen LogP contribution in [0.1, 0.15) is 11.1 Å². The zero-order valence-electron chi connectivity index (χ0n) is 14.5. The molecule has 0 bridgehead atoms. The normalized spacial score (nSPS) is 12.7. The average Bonchev–Trinajstić information content (AvgIpc) is 2.72. The minimum Gasteiger partial charge on any atom is -0.489 e. The number of hydrogen-bond donors (Lipinski definition) is 1. The summed E-state index contributed by atoms with van der Waals surface area (Å²) in [6.07, 6.45) is 0. The summed E-state index contributed by atoms with van der Waals surface area (Å²) >= 11 is 0. The van der Waals surface area contributed by atoms with Gasteiger partial charge in [-0.05, 0) is 41.0 Å². The second-order valence-corrected chi connectivity index (χ2v) is 6.16. The summed E-state index contributed by atoms with van der Waals surface area (Å²) in [6.45, 7) is 2.12. The Hall–Kier alpha value is -2.98. The van der Waals surface area contributed by atoms with Gasteiger partial charge in [0.05, 0.1) is 0 Å². The fourth-order valence-corrected chi connectivity index (χ4v) is 3.02. The zero-order valence-corrected chi connectivity index (χ0v) is 14.5. The van der Waals surface area contributed by atoms with Gasteiger partial charge in [0, 0.05) is 12.1 Å². The minimum atomic E-state index is 0.419. The lowest BCUT2D eigenvalue weighted by molar-refractivity contribution is 0.171. The number of hydrogen-bond acceptors (Lipinski definition) is 4. The Bertz CT molecular complexity index is 893. The van der Waals surface area contributed by atoms with Gasteiger partial charge in [-0.25, -0.2) is 0 Å². The predicted octanol–water partition coefficient (Wildman–Crippen LogP) is 4.16. The predicted molar refractivity (Wildman–Crippen MR) is 102 cm³/mol. The minimum absolute atomic E-state index is 0.419. The van der Waals surface area contributed by atoms with Crippen LogP contribution in [-0.2, 0) is 13.2 Å². The molecule has 0 saturated heterocycles. The van der Waals surface area contributed by atoms with E-state index in [1.54, 1.807) is 0 Å². The number of rotatable bonds is 5. The second kappa shape index (κ2) is 7.50. The van der Waals surface area contributed by atoms with E-state index in [0.717, 1.165) is 39.5 Å². The molecule has 1 aliphatic rings. The van der Waals surface area contributed by atoms with E-state index in [0.29, 0.717) is 26.4 Å². The van der Waals surface area contributed by atoms with Gasteiger partial charge in [-0.3, -0.25) is 0 Å². The molecule has 4 rings (SSSR count). The van der Waals surface area contributed by atoms with Crippen LogP contribution in [0.5, 0.6) is 17.2 Å². The summed E-state index contributed by atoms with van der Waals surface area (Å²) in [7, 11) is 0. The van der Waals surface area contributed by atoms with Crippen molar-refractivity contribution in [1.29, 1.82) is 0 Å². The quantitative estimate of drug-likeness (QED) is 0.753. The number of nitrogens with two attached hydrogens (primary N) is 1. The van der Waals surface area contributed by atoms with Crippen LogP contribution < -0.4 is 19.9 Å². The van der Waals surface area contributed by atoms with Crippen molar-refractivity contribution in [1.82, 2.24) is 0 Å². The van der Waals surface area contributed by atoms with Crippen molar-refractivity contribution in [2.24, 2.45) is 5.73 Å². The highest BCUT2D eigenvalue weighted by atomic mass is 16.6. The molecular formula is C22H21NO3. The summed E-state index contributed by atoms with van der Waals surface area (Å²) in [4.78, 5) is 0. The van der Waals surface area contributed by atoms with Crippen molar-refractivity contribution in [2.45, 2.75) is 13.2 Å². The van der Waals surface area contributed by atoms with Crippen LogP contribution >= 0.6 is 0 Å². The zero-order chi connectivity index (χ0) is 17.8. The van der Waals surface area contributed by atoms with E-state index < -0.39 is 0 Å². The molecule has 0 saturated carbocycles. The van der Waals surface area contributed by atoms with E-state index in [-0.39, 0.29) is 0 Å². The lowest BCUT2D eigenvalue weighted by Crippen LogP contribution is -2.15. The molecule has 0 atom stereocenters. The summed E-state index contributed by atoms with van der Waals surface area (Å²) in [5.41, 5.74) is 10.2. The van der Waals surface area contributed by atoms with Crippen molar-refractivity contribution >= 4 is 0 Å². The molecule has 2 N–H and O–H groups in total. The maximum atomic E-state index is 5.97. The molecule has 0 aromatic heterocycles. The van der Waals surface area contributed by atoms with Crippen LogP contribution in [0.3, 0.4) is 0 Å². The highest BCUT2D eigenvalue weighted by Gasteiger charge is 2.13. The number of benzene rings is 3. The Morgan fingerprint density at radius 2 is 1.54 bits per heavy atom. The smallest absolute Gasteiger partial charge is 0.161 e. The SMILES string of the molecule is NCc1cc(-c2ccc3c(c2)OCCO3)ccc1OCc1ccccc1. The molecule has 0 unspecified atom stereocenters. The summed E-state index contributed by atoms with van der Waals surface area (Å²) in [6, 6.07) is 22.2. The molecule has 26 heavy (non-hydrogen) atoms. The van der Waals surface area contributed by atoms with Crippen LogP contribution in [0, 0.1) is 0 Å². The third-order valence-electron chi connectivity index (χ3n) is 4.39. The highest BCUT2D eigenvalue weighted by Crippen LogP contribution is 2.35. The van der Waals surface area contributed by atoms with Crippen molar-refractivity contribution in [3.05, 3.63) is 77.9 Å². The third-order valence-corrected chi connectivity index (χ3v) is 4.39. The third kappa shape index (κ3) is 3.51. The van der Waals surface area contributed by atoms with E-state index in [2.05, 4.69) is 6.07 Å². The molecule has 0 fully saturated rings. The van der Waals surface area contributed by atoms with Gasteiger partial charge >= 0.3 is 0 Å². The molecule has 3 aromatic carbocycles. The molecule has 1 heterocycles. The molecular weight excluding hydrogens is 326 g/mol. The van der Waals surface area contributed by atoms with E-state index in [1.807, 2.05) is 60.7 Å². The van der Waals surface area contributed by atoms with Gasteiger partial charge in [-0.15, -0.1) is 0 Å². The van der Waals surface area contributed by atoms with Gasteiger partial charge in [0.25, 0.3) is 0 Å². The van der Waals surface area contributed by atoms with Crippen molar-refractivity contribution in [3.63, 3.8) is 0 Å². The average molecular weight is 347 g/mol. The first kappa shape index (κ1) is 16.5. The lowest BCUT2D eigenvalue weighted by atomic mass is 10.0. The summed E-state index contributed by atoms with van der Waals surface area (Å²) < 4.78 is 17.2. The molecule has 0 aliphatic carbocycles.